The number of aryl methyl sites for hydroxylation is 2. The monoisotopic (exact) mass is 264 g/mol. The van der Waals surface area contributed by atoms with E-state index in [1.807, 2.05) is 0 Å². The molecule has 1 aromatic heterocycles. The number of nitrogens with zero attached hydrogens (tertiary/aromatic N) is 1. The second-order valence-electron chi connectivity index (χ2n) is 5.13. The van der Waals surface area contributed by atoms with Crippen molar-refractivity contribution in [2.75, 3.05) is 13.1 Å². The molecule has 94 valence electrons. The lowest BCUT2D eigenvalue weighted by Gasteiger charge is -2.05. The molecule has 18 heavy (non-hydrogen) atoms. The highest BCUT2D eigenvalue weighted by Crippen LogP contribution is 2.40. The molecule has 0 bridgehead atoms. The van der Waals surface area contributed by atoms with Gasteiger partial charge in [0.15, 0.2) is 0 Å². The van der Waals surface area contributed by atoms with Gasteiger partial charge in [-0.3, -0.25) is 0 Å². The van der Waals surface area contributed by atoms with Gasteiger partial charge in [-0.15, -0.1) is 0 Å². The van der Waals surface area contributed by atoms with Crippen LogP contribution in [0.2, 0.25) is 5.02 Å². The lowest BCUT2D eigenvalue weighted by molar-refractivity contribution is 0.627. The van der Waals surface area contributed by atoms with Crippen LogP contribution < -0.4 is 5.32 Å². The molecule has 0 atom stereocenters. The molecule has 0 saturated heterocycles. The highest BCUT2D eigenvalue weighted by Gasteiger charge is 2.27. The minimum absolute atomic E-state index is 0.266. The van der Waals surface area contributed by atoms with Crippen LogP contribution in [0.4, 0.5) is 4.39 Å². The van der Waals surface area contributed by atoms with E-state index in [1.165, 1.54) is 16.8 Å². The summed E-state index contributed by atoms with van der Waals surface area (Å²) in [5, 5.41) is 4.68. The summed E-state index contributed by atoms with van der Waals surface area (Å²) in [4.78, 5) is 0. The lowest BCUT2D eigenvalue weighted by atomic mass is 10.0. The number of halogens is 2. The largest absolute Gasteiger partial charge is 0.344 e. The molecule has 2 nitrogen and oxygen atoms in total. The van der Waals surface area contributed by atoms with Crippen molar-refractivity contribution in [2.24, 2.45) is 0 Å². The zero-order valence-electron chi connectivity index (χ0n) is 10.0. The first-order valence-corrected chi connectivity index (χ1v) is 6.86. The average molecular weight is 265 g/mol. The molecule has 0 radical (unpaired) electrons. The molecule has 0 aliphatic carbocycles. The zero-order chi connectivity index (χ0) is 12.3. The third kappa shape index (κ3) is 1.26. The Labute approximate surface area is 110 Å². The molecule has 2 aromatic rings. The van der Waals surface area contributed by atoms with Crippen molar-refractivity contribution < 1.29 is 4.39 Å². The maximum absolute atomic E-state index is 13.9. The van der Waals surface area contributed by atoms with Crippen LogP contribution in [0, 0.1) is 5.82 Å². The fourth-order valence-corrected chi connectivity index (χ4v) is 3.72. The van der Waals surface area contributed by atoms with Crippen LogP contribution >= 0.6 is 11.6 Å². The molecule has 0 spiro atoms. The molecule has 3 heterocycles. The van der Waals surface area contributed by atoms with Gasteiger partial charge in [0, 0.05) is 30.6 Å². The number of hydrogen-bond donors (Lipinski definition) is 1. The Kier molecular flexibility index (Phi) is 2.24. The summed E-state index contributed by atoms with van der Waals surface area (Å²) in [5.74, 6) is -0.266. The van der Waals surface area contributed by atoms with Crippen molar-refractivity contribution in [1.82, 2.24) is 9.88 Å². The number of rotatable bonds is 0. The first-order valence-electron chi connectivity index (χ1n) is 6.49. The number of benzene rings is 1. The lowest BCUT2D eigenvalue weighted by Crippen LogP contribution is -2.17. The summed E-state index contributed by atoms with van der Waals surface area (Å²) in [5.41, 5.74) is 4.93. The highest BCUT2D eigenvalue weighted by atomic mass is 35.5. The second kappa shape index (κ2) is 3.72. The molecule has 2 aliphatic heterocycles. The average Bonchev–Trinajstić information content (AvgIpc) is 2.79. The third-order valence-electron chi connectivity index (χ3n) is 4.21. The molecule has 1 N–H and O–H groups in total. The maximum atomic E-state index is 13.9. The van der Waals surface area contributed by atoms with Gasteiger partial charge in [-0.05, 0) is 36.6 Å². The number of aromatic nitrogens is 1. The summed E-state index contributed by atoms with van der Waals surface area (Å²) < 4.78 is 16.3. The maximum Gasteiger partial charge on any atom is 0.142 e. The predicted molar refractivity (Wildman–Crippen MR) is 70.9 cm³/mol. The van der Waals surface area contributed by atoms with Gasteiger partial charge in [0.1, 0.15) is 5.82 Å². The van der Waals surface area contributed by atoms with E-state index in [1.54, 1.807) is 6.07 Å². The Morgan fingerprint density at radius 2 is 2.06 bits per heavy atom. The van der Waals surface area contributed by atoms with Gasteiger partial charge in [0.05, 0.1) is 10.5 Å². The minimum atomic E-state index is -0.266. The molecular weight excluding hydrogens is 251 g/mol. The van der Waals surface area contributed by atoms with E-state index in [0.29, 0.717) is 5.02 Å². The van der Waals surface area contributed by atoms with Gasteiger partial charge in [-0.1, -0.05) is 11.6 Å². The van der Waals surface area contributed by atoms with Gasteiger partial charge in [-0.2, -0.15) is 0 Å². The summed E-state index contributed by atoms with van der Waals surface area (Å²) in [6, 6.07) is 1.62. The molecule has 4 heteroatoms. The van der Waals surface area contributed by atoms with Crippen molar-refractivity contribution in [3.8, 4) is 0 Å². The molecule has 0 saturated carbocycles. The van der Waals surface area contributed by atoms with Crippen molar-refractivity contribution in [3.63, 3.8) is 0 Å². The second-order valence-corrected chi connectivity index (χ2v) is 5.51. The van der Waals surface area contributed by atoms with Crippen LogP contribution in [0.15, 0.2) is 6.07 Å². The Bertz CT molecular complexity index is 660. The first-order chi connectivity index (χ1) is 8.77. The van der Waals surface area contributed by atoms with E-state index in [4.69, 9.17) is 11.6 Å². The van der Waals surface area contributed by atoms with Gasteiger partial charge in [-0.25, -0.2) is 4.39 Å². The van der Waals surface area contributed by atoms with Gasteiger partial charge < -0.3 is 9.88 Å². The molecule has 2 aliphatic rings. The number of fused-ring (bicyclic) bond motifs is 3. The Morgan fingerprint density at radius 1 is 1.22 bits per heavy atom. The van der Waals surface area contributed by atoms with E-state index >= 15 is 0 Å². The van der Waals surface area contributed by atoms with Gasteiger partial charge in [0.2, 0.25) is 0 Å². The van der Waals surface area contributed by atoms with Crippen LogP contribution in [0.3, 0.4) is 0 Å². The number of hydrogen-bond acceptors (Lipinski definition) is 1. The Hall–Kier alpha value is -1.06. The van der Waals surface area contributed by atoms with Gasteiger partial charge in [0.25, 0.3) is 0 Å². The van der Waals surface area contributed by atoms with Crippen LogP contribution in [0.25, 0.3) is 10.9 Å². The number of nitrogens with one attached hydrogen (secondary N) is 1. The SMILES string of the molecule is Fc1cc2c3c(c1Cl)c1c(n3CC2)CCNCC1. The first kappa shape index (κ1) is 10.8. The standard InChI is InChI=1S/C14H14ClFN2/c15-13-10(16)7-8-3-6-18-11-2-5-17-4-1-9(11)12(13)14(8)18/h7,17H,1-6H2. The highest BCUT2D eigenvalue weighted by molar-refractivity contribution is 6.36. The van der Waals surface area contributed by atoms with Crippen molar-refractivity contribution in [3.05, 3.63) is 33.7 Å². The Balaban J connectivity index is 2.15. The molecule has 4 rings (SSSR count). The minimum Gasteiger partial charge on any atom is -0.344 e. The molecular formula is C14H14ClFN2. The van der Waals surface area contributed by atoms with Crippen molar-refractivity contribution in [1.29, 1.82) is 0 Å². The quantitative estimate of drug-likeness (QED) is 0.774. The van der Waals surface area contributed by atoms with Crippen LogP contribution in [-0.4, -0.2) is 17.7 Å². The fraction of sp³-hybridized carbons (Fsp3) is 0.429. The molecule has 0 amide bonds. The Morgan fingerprint density at radius 3 is 2.94 bits per heavy atom. The van der Waals surface area contributed by atoms with E-state index in [0.717, 1.165) is 49.8 Å². The molecule has 0 unspecified atom stereocenters. The van der Waals surface area contributed by atoms with Crippen LogP contribution in [-0.2, 0) is 25.8 Å². The van der Waals surface area contributed by atoms with E-state index in [2.05, 4.69) is 9.88 Å². The van der Waals surface area contributed by atoms with Crippen molar-refractivity contribution in [2.45, 2.75) is 25.8 Å². The van der Waals surface area contributed by atoms with Crippen molar-refractivity contribution >= 4 is 22.5 Å². The smallest absolute Gasteiger partial charge is 0.142 e. The third-order valence-corrected chi connectivity index (χ3v) is 4.58. The van der Waals surface area contributed by atoms with E-state index < -0.39 is 0 Å². The van der Waals surface area contributed by atoms with E-state index in [9.17, 15) is 4.39 Å². The van der Waals surface area contributed by atoms with E-state index in [-0.39, 0.29) is 5.82 Å². The normalized spacial score (nSPS) is 18.1. The summed E-state index contributed by atoms with van der Waals surface area (Å²) in [6.07, 6.45) is 2.89. The van der Waals surface area contributed by atoms with Crippen LogP contribution in [0.5, 0.6) is 0 Å². The van der Waals surface area contributed by atoms with Crippen LogP contribution in [0.1, 0.15) is 16.8 Å². The summed E-state index contributed by atoms with van der Waals surface area (Å²) in [6.45, 7) is 2.92. The topological polar surface area (TPSA) is 17.0 Å². The fourth-order valence-electron chi connectivity index (χ4n) is 3.46. The van der Waals surface area contributed by atoms with Gasteiger partial charge >= 0.3 is 0 Å². The summed E-state index contributed by atoms with van der Waals surface area (Å²) >= 11 is 6.22. The zero-order valence-corrected chi connectivity index (χ0v) is 10.8. The molecule has 0 fully saturated rings. The predicted octanol–water partition coefficient (Wildman–Crippen LogP) is 2.68. The molecule has 1 aromatic carbocycles. The summed E-state index contributed by atoms with van der Waals surface area (Å²) in [7, 11) is 0.